The zero-order valence-corrected chi connectivity index (χ0v) is 15.0. The number of hydrogen-bond donors (Lipinski definition) is 0. The van der Waals surface area contributed by atoms with E-state index in [0.717, 1.165) is 12.8 Å². The molecule has 2 rings (SSSR count). The average molecular weight is 353 g/mol. The first kappa shape index (κ1) is 18.5. The maximum absolute atomic E-state index is 12.2. The second-order valence-electron chi connectivity index (χ2n) is 6.83. The Labute approximate surface area is 145 Å². The van der Waals surface area contributed by atoms with Gasteiger partial charge in [0.1, 0.15) is 5.60 Å². The Hall–Kier alpha value is -1.83. The number of rotatable bonds is 4. The SMILES string of the molecule is CC(C)(C)OC(=O)N1CCC[C@H](CSc2ncccc2[N+](=O)[O-])C1. The summed E-state index contributed by atoms with van der Waals surface area (Å²) in [6.45, 7) is 6.86. The van der Waals surface area contributed by atoms with Crippen molar-refractivity contribution in [3.8, 4) is 0 Å². The molecule has 2 heterocycles. The first-order chi connectivity index (χ1) is 11.3. The van der Waals surface area contributed by atoms with E-state index in [1.54, 1.807) is 17.2 Å². The maximum atomic E-state index is 12.2. The number of ether oxygens (including phenoxy) is 1. The number of piperidine rings is 1. The molecule has 0 saturated carbocycles. The summed E-state index contributed by atoms with van der Waals surface area (Å²) in [4.78, 5) is 28.6. The van der Waals surface area contributed by atoms with Crippen molar-refractivity contribution in [2.45, 2.75) is 44.2 Å². The van der Waals surface area contributed by atoms with E-state index in [2.05, 4.69) is 4.98 Å². The summed E-state index contributed by atoms with van der Waals surface area (Å²) in [5.74, 6) is 0.967. The number of hydrogen-bond acceptors (Lipinski definition) is 6. The Morgan fingerprint density at radius 3 is 2.96 bits per heavy atom. The Morgan fingerprint density at radius 1 is 1.54 bits per heavy atom. The van der Waals surface area contributed by atoms with Crippen LogP contribution in [0.3, 0.4) is 0 Å². The van der Waals surface area contributed by atoms with Gasteiger partial charge >= 0.3 is 11.8 Å². The lowest BCUT2D eigenvalue weighted by molar-refractivity contribution is -0.388. The predicted octanol–water partition coefficient (Wildman–Crippen LogP) is 3.73. The van der Waals surface area contributed by atoms with Crippen molar-refractivity contribution in [1.29, 1.82) is 0 Å². The topological polar surface area (TPSA) is 85.6 Å². The van der Waals surface area contributed by atoms with Gasteiger partial charge in [0.25, 0.3) is 0 Å². The number of amides is 1. The van der Waals surface area contributed by atoms with Crippen molar-refractivity contribution in [3.63, 3.8) is 0 Å². The molecule has 1 aliphatic heterocycles. The number of pyridine rings is 1. The van der Waals surface area contributed by atoms with Crippen LogP contribution in [0.2, 0.25) is 0 Å². The second-order valence-corrected chi connectivity index (χ2v) is 7.84. The number of nitro groups is 1. The monoisotopic (exact) mass is 353 g/mol. The molecule has 0 spiro atoms. The normalized spacial score (nSPS) is 18.3. The standard InChI is InChI=1S/C16H23N3O4S/c1-16(2,3)23-15(20)18-9-5-6-12(10-18)11-24-14-13(19(21)22)7-4-8-17-14/h4,7-8,12H,5-6,9-11H2,1-3H3/t12-/m0/s1. The van der Waals surface area contributed by atoms with Crippen LogP contribution in [0.5, 0.6) is 0 Å². The summed E-state index contributed by atoms with van der Waals surface area (Å²) in [5.41, 5.74) is -0.477. The molecule has 1 aromatic rings. The van der Waals surface area contributed by atoms with Gasteiger partial charge in [0, 0.05) is 31.1 Å². The minimum atomic E-state index is -0.507. The highest BCUT2D eigenvalue weighted by atomic mass is 32.2. The van der Waals surface area contributed by atoms with E-state index in [1.165, 1.54) is 17.8 Å². The van der Waals surface area contributed by atoms with E-state index in [-0.39, 0.29) is 17.7 Å². The summed E-state index contributed by atoms with van der Waals surface area (Å²) in [6.07, 6.45) is 3.17. The molecule has 0 N–H and O–H groups in total. The number of nitrogens with zero attached hydrogens (tertiary/aromatic N) is 3. The lowest BCUT2D eigenvalue weighted by Crippen LogP contribution is -2.43. The van der Waals surface area contributed by atoms with Gasteiger partial charge in [-0.3, -0.25) is 10.1 Å². The molecule has 0 unspecified atom stereocenters. The largest absolute Gasteiger partial charge is 0.444 e. The molecule has 1 atom stereocenters. The first-order valence-electron chi connectivity index (χ1n) is 7.96. The van der Waals surface area contributed by atoms with Gasteiger partial charge in [0.15, 0.2) is 5.03 Å². The molecule has 0 aromatic carbocycles. The van der Waals surface area contributed by atoms with Crippen molar-refractivity contribution < 1.29 is 14.5 Å². The zero-order valence-electron chi connectivity index (χ0n) is 14.2. The van der Waals surface area contributed by atoms with Crippen LogP contribution in [0.25, 0.3) is 0 Å². The number of likely N-dealkylation sites (tertiary alicyclic amines) is 1. The fraction of sp³-hybridized carbons (Fsp3) is 0.625. The van der Waals surface area contributed by atoms with Gasteiger partial charge in [0.05, 0.1) is 4.92 Å². The van der Waals surface area contributed by atoms with Crippen LogP contribution >= 0.6 is 11.8 Å². The Balaban J connectivity index is 1.92. The third kappa shape index (κ3) is 5.36. The van der Waals surface area contributed by atoms with Gasteiger partial charge < -0.3 is 9.64 Å². The van der Waals surface area contributed by atoms with E-state index >= 15 is 0 Å². The van der Waals surface area contributed by atoms with Crippen LogP contribution in [-0.4, -0.2) is 45.3 Å². The summed E-state index contributed by atoms with van der Waals surface area (Å²) in [6, 6.07) is 3.02. The van der Waals surface area contributed by atoms with E-state index in [0.29, 0.717) is 23.9 Å². The minimum absolute atomic E-state index is 0.0299. The van der Waals surface area contributed by atoms with Crippen LogP contribution in [0.4, 0.5) is 10.5 Å². The third-order valence-corrected chi connectivity index (χ3v) is 4.80. The van der Waals surface area contributed by atoms with Gasteiger partial charge in [0.2, 0.25) is 0 Å². The van der Waals surface area contributed by atoms with Gasteiger partial charge in [-0.1, -0.05) is 11.8 Å². The zero-order chi connectivity index (χ0) is 17.7. The minimum Gasteiger partial charge on any atom is -0.444 e. The highest BCUT2D eigenvalue weighted by Crippen LogP contribution is 2.30. The molecular formula is C16H23N3O4S. The number of carbonyl (C=O) groups excluding carboxylic acids is 1. The quantitative estimate of drug-likeness (QED) is 0.466. The molecule has 1 fully saturated rings. The fourth-order valence-electron chi connectivity index (χ4n) is 2.52. The highest BCUT2D eigenvalue weighted by Gasteiger charge is 2.28. The highest BCUT2D eigenvalue weighted by molar-refractivity contribution is 7.99. The summed E-state index contributed by atoms with van der Waals surface area (Å²) >= 11 is 1.38. The molecule has 0 aliphatic carbocycles. The molecule has 1 saturated heterocycles. The van der Waals surface area contributed by atoms with E-state index in [4.69, 9.17) is 4.74 Å². The lowest BCUT2D eigenvalue weighted by atomic mass is 10.0. The van der Waals surface area contributed by atoms with Gasteiger partial charge in [-0.25, -0.2) is 9.78 Å². The maximum Gasteiger partial charge on any atom is 0.410 e. The van der Waals surface area contributed by atoms with Crippen molar-refractivity contribution in [2.24, 2.45) is 5.92 Å². The van der Waals surface area contributed by atoms with Crippen LogP contribution in [0.15, 0.2) is 23.4 Å². The van der Waals surface area contributed by atoms with Crippen molar-refractivity contribution in [3.05, 3.63) is 28.4 Å². The van der Waals surface area contributed by atoms with Crippen LogP contribution in [0.1, 0.15) is 33.6 Å². The molecule has 8 heteroatoms. The number of thioether (sulfide) groups is 1. The summed E-state index contributed by atoms with van der Waals surface area (Å²) in [7, 11) is 0. The average Bonchev–Trinajstić information content (AvgIpc) is 2.52. The third-order valence-electron chi connectivity index (χ3n) is 3.57. The molecule has 24 heavy (non-hydrogen) atoms. The number of aromatic nitrogens is 1. The summed E-state index contributed by atoms with van der Waals surface area (Å²) < 4.78 is 5.42. The smallest absolute Gasteiger partial charge is 0.410 e. The molecule has 7 nitrogen and oxygen atoms in total. The van der Waals surface area contributed by atoms with Crippen molar-refractivity contribution in [2.75, 3.05) is 18.8 Å². The number of carbonyl (C=O) groups is 1. The predicted molar refractivity (Wildman–Crippen MR) is 92.1 cm³/mol. The molecule has 132 valence electrons. The van der Waals surface area contributed by atoms with E-state index in [1.807, 2.05) is 20.8 Å². The Bertz CT molecular complexity index is 603. The first-order valence-corrected chi connectivity index (χ1v) is 8.95. The molecular weight excluding hydrogens is 330 g/mol. The summed E-state index contributed by atoms with van der Waals surface area (Å²) in [5, 5.41) is 11.5. The van der Waals surface area contributed by atoms with Crippen LogP contribution in [0, 0.1) is 16.0 Å². The molecule has 0 radical (unpaired) electrons. The second kappa shape index (κ2) is 7.83. The van der Waals surface area contributed by atoms with Gasteiger partial charge in [-0.05, 0) is 45.6 Å². The van der Waals surface area contributed by atoms with Crippen LogP contribution < -0.4 is 0 Å². The molecule has 0 bridgehead atoms. The molecule has 1 aromatic heterocycles. The lowest BCUT2D eigenvalue weighted by Gasteiger charge is -2.34. The molecule has 1 amide bonds. The Kier molecular flexibility index (Phi) is 6.04. The van der Waals surface area contributed by atoms with E-state index in [9.17, 15) is 14.9 Å². The van der Waals surface area contributed by atoms with Gasteiger partial charge in [-0.15, -0.1) is 0 Å². The van der Waals surface area contributed by atoms with Crippen molar-refractivity contribution in [1.82, 2.24) is 9.88 Å². The van der Waals surface area contributed by atoms with Gasteiger partial charge in [-0.2, -0.15) is 0 Å². The fourth-order valence-corrected chi connectivity index (χ4v) is 3.61. The van der Waals surface area contributed by atoms with E-state index < -0.39 is 10.5 Å². The van der Waals surface area contributed by atoms with Crippen molar-refractivity contribution >= 4 is 23.5 Å². The van der Waals surface area contributed by atoms with Crippen LogP contribution in [-0.2, 0) is 4.74 Å². The molecule has 1 aliphatic rings. The Morgan fingerprint density at radius 2 is 2.29 bits per heavy atom.